The molecular formula is C5H11ClN2. The molecule has 0 atom stereocenters. The van der Waals surface area contributed by atoms with Gasteiger partial charge in [-0.2, -0.15) is 0 Å². The summed E-state index contributed by atoms with van der Waals surface area (Å²) in [6.45, 7) is 4.32. The molecule has 0 aromatic rings. The zero-order chi connectivity index (χ0) is 5.82. The Morgan fingerprint density at radius 1 is 1.62 bits per heavy atom. The number of nitrogens with one attached hydrogen (secondary N) is 1. The summed E-state index contributed by atoms with van der Waals surface area (Å²) in [5.41, 5.74) is 0. The first-order chi connectivity index (χ1) is 3.93. The average Bonchev–Trinajstić information content (AvgIpc) is 2.19. The molecule has 0 spiro atoms. The zero-order valence-electron chi connectivity index (χ0n) is 4.86. The highest BCUT2D eigenvalue weighted by Gasteiger charge is 2.07. The van der Waals surface area contributed by atoms with Crippen LogP contribution < -0.4 is 5.32 Å². The van der Waals surface area contributed by atoms with Crippen LogP contribution in [0, 0.1) is 0 Å². The van der Waals surface area contributed by atoms with E-state index >= 15 is 0 Å². The van der Waals surface area contributed by atoms with E-state index < -0.39 is 0 Å². The third-order valence-electron chi connectivity index (χ3n) is 1.34. The first kappa shape index (κ1) is 6.33. The molecule has 0 aliphatic carbocycles. The second-order valence-corrected chi connectivity index (χ2v) is 2.34. The van der Waals surface area contributed by atoms with Crippen molar-refractivity contribution in [3.8, 4) is 0 Å². The molecule has 1 heterocycles. The fourth-order valence-electron chi connectivity index (χ4n) is 0.864. The zero-order valence-corrected chi connectivity index (χ0v) is 5.62. The van der Waals surface area contributed by atoms with E-state index in [1.165, 1.54) is 0 Å². The molecule has 2 nitrogen and oxygen atoms in total. The predicted octanol–water partition coefficient (Wildman–Crippen LogP) is 0.0879. The van der Waals surface area contributed by atoms with Gasteiger partial charge in [-0.25, -0.2) is 0 Å². The molecule has 0 unspecified atom stereocenters. The van der Waals surface area contributed by atoms with Gasteiger partial charge in [0.1, 0.15) is 0 Å². The molecule has 0 bridgehead atoms. The molecule has 1 fully saturated rings. The van der Waals surface area contributed by atoms with Crippen LogP contribution in [0.1, 0.15) is 0 Å². The Bertz CT molecular complexity index is 61.4. The minimum atomic E-state index is 0.752. The van der Waals surface area contributed by atoms with Gasteiger partial charge in [-0.05, 0) is 0 Å². The van der Waals surface area contributed by atoms with Crippen molar-refractivity contribution < 1.29 is 0 Å². The third kappa shape index (κ3) is 1.62. The van der Waals surface area contributed by atoms with Gasteiger partial charge < -0.3 is 5.32 Å². The standard InChI is InChI=1S/C5H11ClN2/c6-1-3-8-4-2-7-5-8/h7H,1-5H2. The van der Waals surface area contributed by atoms with Crippen molar-refractivity contribution in [2.45, 2.75) is 0 Å². The van der Waals surface area contributed by atoms with Crippen LogP contribution in [0.25, 0.3) is 0 Å². The van der Waals surface area contributed by atoms with E-state index in [1.54, 1.807) is 0 Å². The molecule has 1 aliphatic heterocycles. The van der Waals surface area contributed by atoms with E-state index in [-0.39, 0.29) is 0 Å². The molecule has 0 aromatic heterocycles. The Labute approximate surface area is 54.8 Å². The topological polar surface area (TPSA) is 15.3 Å². The largest absolute Gasteiger partial charge is 0.303 e. The maximum Gasteiger partial charge on any atom is 0.0481 e. The van der Waals surface area contributed by atoms with Crippen LogP contribution in [0.4, 0.5) is 0 Å². The summed E-state index contributed by atoms with van der Waals surface area (Å²) < 4.78 is 0. The van der Waals surface area contributed by atoms with Crippen molar-refractivity contribution in [3.63, 3.8) is 0 Å². The summed E-state index contributed by atoms with van der Waals surface area (Å²) in [5, 5.41) is 3.22. The van der Waals surface area contributed by atoms with E-state index in [2.05, 4.69) is 10.2 Å². The lowest BCUT2D eigenvalue weighted by molar-refractivity contribution is 0.356. The third-order valence-corrected chi connectivity index (χ3v) is 1.51. The maximum atomic E-state index is 5.51. The summed E-state index contributed by atoms with van der Waals surface area (Å²) in [7, 11) is 0. The fourth-order valence-corrected chi connectivity index (χ4v) is 1.10. The Kier molecular flexibility index (Phi) is 2.59. The highest BCUT2D eigenvalue weighted by molar-refractivity contribution is 6.18. The predicted molar refractivity (Wildman–Crippen MR) is 35.2 cm³/mol. The van der Waals surface area contributed by atoms with E-state index in [4.69, 9.17) is 11.6 Å². The van der Waals surface area contributed by atoms with Gasteiger partial charge in [-0.3, -0.25) is 4.90 Å². The van der Waals surface area contributed by atoms with E-state index in [0.717, 1.165) is 32.2 Å². The smallest absolute Gasteiger partial charge is 0.0481 e. The molecule has 8 heavy (non-hydrogen) atoms. The van der Waals surface area contributed by atoms with Crippen LogP contribution in [-0.4, -0.2) is 37.1 Å². The Morgan fingerprint density at radius 3 is 3.00 bits per heavy atom. The van der Waals surface area contributed by atoms with Crippen molar-refractivity contribution in [3.05, 3.63) is 0 Å². The highest BCUT2D eigenvalue weighted by atomic mass is 35.5. The molecule has 1 aliphatic rings. The fraction of sp³-hybridized carbons (Fsp3) is 1.00. The first-order valence-corrected chi connectivity index (χ1v) is 3.46. The lowest BCUT2D eigenvalue weighted by Crippen LogP contribution is -2.23. The van der Waals surface area contributed by atoms with Gasteiger partial charge in [0.2, 0.25) is 0 Å². The van der Waals surface area contributed by atoms with E-state index in [9.17, 15) is 0 Å². The van der Waals surface area contributed by atoms with Gasteiger partial charge in [0.05, 0.1) is 0 Å². The minimum absolute atomic E-state index is 0.752. The van der Waals surface area contributed by atoms with Crippen molar-refractivity contribution in [2.75, 3.05) is 32.2 Å². The van der Waals surface area contributed by atoms with Gasteiger partial charge in [-0.1, -0.05) is 0 Å². The first-order valence-electron chi connectivity index (χ1n) is 2.92. The minimum Gasteiger partial charge on any atom is -0.303 e. The molecule has 0 aromatic carbocycles. The van der Waals surface area contributed by atoms with Crippen molar-refractivity contribution in [1.29, 1.82) is 0 Å². The summed E-state index contributed by atoms with van der Waals surface area (Å²) >= 11 is 5.51. The monoisotopic (exact) mass is 134 g/mol. The molecule has 0 radical (unpaired) electrons. The summed E-state index contributed by atoms with van der Waals surface area (Å²) in [5.74, 6) is 0.752. The highest BCUT2D eigenvalue weighted by Crippen LogP contribution is 1.91. The molecule has 0 amide bonds. The molecule has 3 heteroatoms. The number of rotatable bonds is 2. The molecule has 0 saturated carbocycles. The second kappa shape index (κ2) is 3.28. The molecule has 1 saturated heterocycles. The van der Waals surface area contributed by atoms with Gasteiger partial charge in [0.15, 0.2) is 0 Å². The van der Waals surface area contributed by atoms with Crippen molar-refractivity contribution in [1.82, 2.24) is 10.2 Å². The Hall–Kier alpha value is 0.210. The number of hydrogen-bond acceptors (Lipinski definition) is 2. The number of halogens is 1. The Balaban J connectivity index is 2.06. The van der Waals surface area contributed by atoms with Crippen LogP contribution in [0.5, 0.6) is 0 Å². The maximum absolute atomic E-state index is 5.51. The van der Waals surface area contributed by atoms with Crippen LogP contribution >= 0.6 is 11.6 Å². The SMILES string of the molecule is ClCCN1CCNC1. The van der Waals surface area contributed by atoms with Gasteiger partial charge in [0.25, 0.3) is 0 Å². The molecule has 1 rings (SSSR count). The summed E-state index contributed by atoms with van der Waals surface area (Å²) in [6.07, 6.45) is 0. The van der Waals surface area contributed by atoms with Crippen LogP contribution in [0.3, 0.4) is 0 Å². The van der Waals surface area contributed by atoms with Crippen LogP contribution in [0.2, 0.25) is 0 Å². The van der Waals surface area contributed by atoms with E-state index in [1.807, 2.05) is 0 Å². The van der Waals surface area contributed by atoms with Crippen LogP contribution in [0.15, 0.2) is 0 Å². The lowest BCUT2D eigenvalue weighted by atomic mass is 10.6. The van der Waals surface area contributed by atoms with Gasteiger partial charge in [0, 0.05) is 32.2 Å². The second-order valence-electron chi connectivity index (χ2n) is 1.97. The van der Waals surface area contributed by atoms with Gasteiger partial charge in [-0.15, -0.1) is 11.6 Å². The van der Waals surface area contributed by atoms with E-state index in [0.29, 0.717) is 0 Å². The Morgan fingerprint density at radius 2 is 2.50 bits per heavy atom. The quantitative estimate of drug-likeness (QED) is 0.539. The normalized spacial score (nSPS) is 22.1. The summed E-state index contributed by atoms with van der Waals surface area (Å²) in [4.78, 5) is 2.30. The molecule has 1 N–H and O–H groups in total. The van der Waals surface area contributed by atoms with Crippen LogP contribution in [-0.2, 0) is 0 Å². The van der Waals surface area contributed by atoms with Gasteiger partial charge >= 0.3 is 0 Å². The molecule has 48 valence electrons. The molecular weight excluding hydrogens is 124 g/mol. The lowest BCUT2D eigenvalue weighted by Gasteiger charge is -2.09. The summed E-state index contributed by atoms with van der Waals surface area (Å²) in [6, 6.07) is 0. The van der Waals surface area contributed by atoms with Crippen molar-refractivity contribution >= 4 is 11.6 Å². The van der Waals surface area contributed by atoms with Crippen molar-refractivity contribution in [2.24, 2.45) is 0 Å². The number of hydrogen-bond donors (Lipinski definition) is 1. The average molecular weight is 135 g/mol. The number of alkyl halides is 1. The number of nitrogens with zero attached hydrogens (tertiary/aromatic N) is 1.